The molecule has 0 heterocycles. The van der Waals surface area contributed by atoms with Crippen molar-refractivity contribution >= 4 is 0 Å². The summed E-state index contributed by atoms with van der Waals surface area (Å²) in [6.07, 6.45) is 4.51. The maximum atomic E-state index is 9.82. The number of nitrogens with two attached hydrogens (primary N) is 1. The lowest BCUT2D eigenvalue weighted by atomic mass is 9.92. The third-order valence-electron chi connectivity index (χ3n) is 3.28. The summed E-state index contributed by atoms with van der Waals surface area (Å²) >= 11 is 0. The Labute approximate surface area is 91.3 Å². The molecular weight excluding hydrogens is 186 g/mol. The molecule has 2 atom stereocenters. The molecule has 1 aliphatic rings. The van der Waals surface area contributed by atoms with E-state index in [2.05, 4.69) is 29.6 Å². The van der Waals surface area contributed by atoms with Crippen LogP contribution in [0.3, 0.4) is 0 Å². The SMILES string of the molecule is O[C@@H]1CCCC[C@@H]1[NH2+]Cc1ccccc1. The molecule has 3 N–H and O–H groups in total. The Morgan fingerprint density at radius 3 is 2.60 bits per heavy atom. The highest BCUT2D eigenvalue weighted by atomic mass is 16.3. The van der Waals surface area contributed by atoms with Crippen LogP contribution >= 0.6 is 0 Å². The summed E-state index contributed by atoms with van der Waals surface area (Å²) in [7, 11) is 0. The lowest BCUT2D eigenvalue weighted by Gasteiger charge is -2.25. The van der Waals surface area contributed by atoms with Crippen molar-refractivity contribution in [2.45, 2.75) is 44.4 Å². The maximum absolute atomic E-state index is 9.82. The summed E-state index contributed by atoms with van der Waals surface area (Å²) in [5, 5.41) is 12.1. The molecule has 0 spiro atoms. The van der Waals surface area contributed by atoms with Crippen molar-refractivity contribution in [3.8, 4) is 0 Å². The molecule has 1 aliphatic carbocycles. The van der Waals surface area contributed by atoms with Gasteiger partial charge in [-0.05, 0) is 12.8 Å². The van der Waals surface area contributed by atoms with Crippen molar-refractivity contribution in [1.82, 2.24) is 0 Å². The van der Waals surface area contributed by atoms with Crippen LogP contribution < -0.4 is 5.32 Å². The van der Waals surface area contributed by atoms with Crippen LogP contribution in [-0.4, -0.2) is 17.3 Å². The molecule has 0 amide bonds. The van der Waals surface area contributed by atoms with E-state index in [4.69, 9.17) is 0 Å². The highest BCUT2D eigenvalue weighted by Gasteiger charge is 2.25. The number of benzene rings is 1. The molecule has 1 aromatic rings. The van der Waals surface area contributed by atoms with Crippen molar-refractivity contribution in [1.29, 1.82) is 0 Å². The van der Waals surface area contributed by atoms with Crippen LogP contribution in [0.15, 0.2) is 30.3 Å². The molecular formula is C13H20NO+. The monoisotopic (exact) mass is 206 g/mol. The quantitative estimate of drug-likeness (QED) is 0.762. The van der Waals surface area contributed by atoms with Crippen LogP contribution in [-0.2, 0) is 6.54 Å². The molecule has 1 aromatic carbocycles. The first-order chi connectivity index (χ1) is 7.36. The van der Waals surface area contributed by atoms with Gasteiger partial charge in [-0.1, -0.05) is 36.8 Å². The van der Waals surface area contributed by atoms with E-state index >= 15 is 0 Å². The Morgan fingerprint density at radius 1 is 1.13 bits per heavy atom. The highest BCUT2D eigenvalue weighted by molar-refractivity contribution is 5.13. The minimum absolute atomic E-state index is 0.0949. The number of hydrogen-bond acceptors (Lipinski definition) is 1. The van der Waals surface area contributed by atoms with Gasteiger partial charge in [0, 0.05) is 12.0 Å². The van der Waals surface area contributed by atoms with Gasteiger partial charge in [0.1, 0.15) is 18.7 Å². The van der Waals surface area contributed by atoms with E-state index in [1.807, 2.05) is 6.07 Å². The number of aliphatic hydroxyl groups excluding tert-OH is 1. The molecule has 0 radical (unpaired) electrons. The first-order valence-corrected chi connectivity index (χ1v) is 5.91. The van der Waals surface area contributed by atoms with Crippen molar-refractivity contribution in [2.24, 2.45) is 0 Å². The number of rotatable bonds is 3. The van der Waals surface area contributed by atoms with Crippen molar-refractivity contribution in [3.05, 3.63) is 35.9 Å². The molecule has 0 unspecified atom stereocenters. The molecule has 2 rings (SSSR count). The second-order valence-electron chi connectivity index (χ2n) is 4.44. The maximum Gasteiger partial charge on any atom is 0.112 e. The van der Waals surface area contributed by atoms with Crippen molar-refractivity contribution in [2.75, 3.05) is 0 Å². The van der Waals surface area contributed by atoms with Crippen LogP contribution in [0.2, 0.25) is 0 Å². The van der Waals surface area contributed by atoms with Crippen LogP contribution in [0, 0.1) is 0 Å². The summed E-state index contributed by atoms with van der Waals surface area (Å²) in [5.74, 6) is 0. The second-order valence-corrected chi connectivity index (χ2v) is 4.44. The molecule has 2 nitrogen and oxygen atoms in total. The van der Waals surface area contributed by atoms with Gasteiger partial charge in [0.25, 0.3) is 0 Å². The van der Waals surface area contributed by atoms with Gasteiger partial charge < -0.3 is 10.4 Å². The Balaban J connectivity index is 1.82. The Bertz CT molecular complexity index is 286. The van der Waals surface area contributed by atoms with Crippen LogP contribution in [0.4, 0.5) is 0 Å². The van der Waals surface area contributed by atoms with Gasteiger partial charge in [-0.3, -0.25) is 0 Å². The highest BCUT2D eigenvalue weighted by Crippen LogP contribution is 2.15. The molecule has 0 aliphatic heterocycles. The van der Waals surface area contributed by atoms with E-state index in [1.54, 1.807) is 0 Å². The zero-order valence-corrected chi connectivity index (χ0v) is 9.10. The third-order valence-corrected chi connectivity index (χ3v) is 3.28. The largest absolute Gasteiger partial charge is 0.387 e. The number of quaternary nitrogens is 1. The molecule has 1 fully saturated rings. The predicted molar refractivity (Wildman–Crippen MR) is 60.3 cm³/mol. The summed E-state index contributed by atoms with van der Waals surface area (Å²) in [4.78, 5) is 0. The van der Waals surface area contributed by atoms with Crippen LogP contribution in [0.5, 0.6) is 0 Å². The van der Waals surface area contributed by atoms with Crippen molar-refractivity contribution < 1.29 is 10.4 Å². The van der Waals surface area contributed by atoms with E-state index in [1.165, 1.54) is 18.4 Å². The molecule has 0 bridgehead atoms. The second kappa shape index (κ2) is 5.29. The minimum Gasteiger partial charge on any atom is -0.387 e. The van der Waals surface area contributed by atoms with Gasteiger partial charge in [-0.2, -0.15) is 0 Å². The summed E-state index contributed by atoms with van der Waals surface area (Å²) in [5.41, 5.74) is 1.34. The normalized spacial score (nSPS) is 26.5. The zero-order valence-electron chi connectivity index (χ0n) is 9.10. The molecule has 82 valence electrons. The average Bonchev–Trinajstić information content (AvgIpc) is 2.29. The van der Waals surface area contributed by atoms with Gasteiger partial charge in [-0.25, -0.2) is 0 Å². The van der Waals surface area contributed by atoms with Gasteiger partial charge in [0.2, 0.25) is 0 Å². The van der Waals surface area contributed by atoms with E-state index in [0.29, 0.717) is 6.04 Å². The van der Waals surface area contributed by atoms with Gasteiger partial charge >= 0.3 is 0 Å². The number of aliphatic hydroxyl groups is 1. The number of hydrogen-bond donors (Lipinski definition) is 2. The minimum atomic E-state index is -0.0949. The van der Waals surface area contributed by atoms with E-state index < -0.39 is 0 Å². The summed E-state index contributed by atoms with van der Waals surface area (Å²) in [6, 6.07) is 10.9. The van der Waals surface area contributed by atoms with Crippen LogP contribution in [0.25, 0.3) is 0 Å². The standard InChI is InChI=1S/C13H19NO/c15-13-9-5-4-8-12(13)14-10-11-6-2-1-3-7-11/h1-3,6-7,12-15H,4-5,8-10H2/p+1/t12-,13+/m0/s1. The molecule has 15 heavy (non-hydrogen) atoms. The van der Waals surface area contributed by atoms with Crippen LogP contribution in [0.1, 0.15) is 31.2 Å². The molecule has 0 aromatic heterocycles. The topological polar surface area (TPSA) is 36.8 Å². The summed E-state index contributed by atoms with van der Waals surface area (Å²) < 4.78 is 0. The Morgan fingerprint density at radius 2 is 1.87 bits per heavy atom. The Kier molecular flexibility index (Phi) is 3.75. The fourth-order valence-electron chi connectivity index (χ4n) is 2.32. The first kappa shape index (κ1) is 10.7. The molecule has 1 saturated carbocycles. The van der Waals surface area contributed by atoms with E-state index in [9.17, 15) is 5.11 Å². The van der Waals surface area contributed by atoms with Gasteiger partial charge in [0.05, 0.1) is 0 Å². The molecule has 2 heteroatoms. The zero-order chi connectivity index (χ0) is 10.5. The first-order valence-electron chi connectivity index (χ1n) is 5.91. The fraction of sp³-hybridized carbons (Fsp3) is 0.538. The predicted octanol–water partition coefficient (Wildman–Crippen LogP) is 1.05. The Hall–Kier alpha value is -0.860. The van der Waals surface area contributed by atoms with Crippen molar-refractivity contribution in [3.63, 3.8) is 0 Å². The average molecular weight is 206 g/mol. The molecule has 0 saturated heterocycles. The van der Waals surface area contributed by atoms with E-state index in [-0.39, 0.29) is 6.10 Å². The van der Waals surface area contributed by atoms with Gasteiger partial charge in [0.15, 0.2) is 0 Å². The van der Waals surface area contributed by atoms with E-state index in [0.717, 1.165) is 19.4 Å². The fourth-order valence-corrected chi connectivity index (χ4v) is 2.32. The lowest BCUT2D eigenvalue weighted by Crippen LogP contribution is -2.91. The lowest BCUT2D eigenvalue weighted by molar-refractivity contribution is -0.713. The summed E-state index contributed by atoms with van der Waals surface area (Å²) in [6.45, 7) is 0.989. The van der Waals surface area contributed by atoms with Gasteiger partial charge in [-0.15, -0.1) is 0 Å². The smallest absolute Gasteiger partial charge is 0.112 e. The third kappa shape index (κ3) is 3.05.